The molecule has 1 atom stereocenters. The Hall–Kier alpha value is -1.36. The molecule has 110 valence electrons. The SMILES string of the molecule is CCCc1cc(C(=O)N2CCC(C)(C(=O)O)C2)sc1C. The fourth-order valence-electron chi connectivity index (χ4n) is 2.61. The molecule has 1 aromatic heterocycles. The molecule has 0 aliphatic carbocycles. The molecule has 0 aromatic carbocycles. The van der Waals surface area contributed by atoms with Crippen LogP contribution in [0.5, 0.6) is 0 Å². The van der Waals surface area contributed by atoms with Gasteiger partial charge in [0.1, 0.15) is 0 Å². The molecule has 4 nitrogen and oxygen atoms in total. The Bertz CT molecular complexity index is 537. The van der Waals surface area contributed by atoms with Gasteiger partial charge in [0.2, 0.25) is 0 Å². The van der Waals surface area contributed by atoms with Crippen LogP contribution in [0.15, 0.2) is 6.07 Å². The van der Waals surface area contributed by atoms with Crippen LogP contribution in [0.25, 0.3) is 0 Å². The number of aliphatic carboxylic acids is 1. The Kier molecular flexibility index (Phi) is 4.18. The molecule has 2 heterocycles. The molecule has 1 unspecified atom stereocenters. The van der Waals surface area contributed by atoms with Gasteiger partial charge >= 0.3 is 5.97 Å². The Morgan fingerprint density at radius 1 is 1.50 bits per heavy atom. The van der Waals surface area contributed by atoms with E-state index in [4.69, 9.17) is 0 Å². The van der Waals surface area contributed by atoms with Crippen molar-refractivity contribution in [2.24, 2.45) is 5.41 Å². The number of carbonyl (C=O) groups is 2. The third kappa shape index (κ3) is 2.73. The molecule has 0 saturated carbocycles. The van der Waals surface area contributed by atoms with Crippen LogP contribution >= 0.6 is 11.3 Å². The molecule has 1 aliphatic rings. The lowest BCUT2D eigenvalue weighted by molar-refractivity contribution is -0.147. The summed E-state index contributed by atoms with van der Waals surface area (Å²) in [6, 6.07) is 1.97. The van der Waals surface area contributed by atoms with Crippen LogP contribution in [-0.2, 0) is 11.2 Å². The van der Waals surface area contributed by atoms with E-state index >= 15 is 0 Å². The summed E-state index contributed by atoms with van der Waals surface area (Å²) in [7, 11) is 0. The van der Waals surface area contributed by atoms with Crippen LogP contribution in [0.1, 0.15) is 46.8 Å². The van der Waals surface area contributed by atoms with E-state index in [1.807, 2.05) is 13.0 Å². The highest BCUT2D eigenvalue weighted by molar-refractivity contribution is 7.14. The van der Waals surface area contributed by atoms with Crippen molar-refractivity contribution in [3.63, 3.8) is 0 Å². The molecule has 1 aliphatic heterocycles. The topological polar surface area (TPSA) is 57.6 Å². The fourth-order valence-corrected chi connectivity index (χ4v) is 3.65. The predicted octanol–water partition coefficient (Wildman–Crippen LogP) is 2.95. The van der Waals surface area contributed by atoms with Crippen molar-refractivity contribution in [1.82, 2.24) is 4.90 Å². The molecule has 0 bridgehead atoms. The summed E-state index contributed by atoms with van der Waals surface area (Å²) in [5.41, 5.74) is 0.440. The second-order valence-corrected chi connectivity index (χ2v) is 7.04. The zero-order valence-corrected chi connectivity index (χ0v) is 13.0. The van der Waals surface area contributed by atoms with E-state index < -0.39 is 11.4 Å². The minimum atomic E-state index is -0.818. The number of carboxylic acid groups (broad SMARTS) is 1. The number of hydrogen-bond acceptors (Lipinski definition) is 3. The lowest BCUT2D eigenvalue weighted by atomic mass is 9.90. The monoisotopic (exact) mass is 295 g/mol. The van der Waals surface area contributed by atoms with Gasteiger partial charge in [-0.25, -0.2) is 0 Å². The Morgan fingerprint density at radius 3 is 2.75 bits per heavy atom. The van der Waals surface area contributed by atoms with E-state index in [-0.39, 0.29) is 5.91 Å². The van der Waals surface area contributed by atoms with Crippen molar-refractivity contribution < 1.29 is 14.7 Å². The molecule has 1 amide bonds. The number of carboxylic acids is 1. The average Bonchev–Trinajstić information content (AvgIpc) is 2.95. The van der Waals surface area contributed by atoms with E-state index in [0.717, 1.165) is 17.7 Å². The fraction of sp³-hybridized carbons (Fsp3) is 0.600. The van der Waals surface area contributed by atoms with Crippen LogP contribution in [0.3, 0.4) is 0 Å². The van der Waals surface area contributed by atoms with Crippen molar-refractivity contribution >= 4 is 23.2 Å². The maximum atomic E-state index is 12.5. The number of carbonyl (C=O) groups excluding carboxylic acids is 1. The summed E-state index contributed by atoms with van der Waals surface area (Å²) in [6.45, 7) is 6.71. The van der Waals surface area contributed by atoms with Gasteiger partial charge in [-0.3, -0.25) is 9.59 Å². The van der Waals surface area contributed by atoms with Crippen LogP contribution in [-0.4, -0.2) is 35.0 Å². The highest BCUT2D eigenvalue weighted by atomic mass is 32.1. The highest BCUT2D eigenvalue weighted by Gasteiger charge is 2.42. The lowest BCUT2D eigenvalue weighted by Crippen LogP contribution is -2.34. The Morgan fingerprint density at radius 2 is 2.20 bits per heavy atom. The van der Waals surface area contributed by atoms with Gasteiger partial charge in [0.05, 0.1) is 10.3 Å². The first-order chi connectivity index (χ1) is 9.37. The van der Waals surface area contributed by atoms with Crippen molar-refractivity contribution in [3.8, 4) is 0 Å². The number of nitrogens with zero attached hydrogens (tertiary/aromatic N) is 1. The second kappa shape index (κ2) is 5.56. The zero-order valence-electron chi connectivity index (χ0n) is 12.2. The lowest BCUT2D eigenvalue weighted by Gasteiger charge is -2.19. The molecular weight excluding hydrogens is 274 g/mol. The molecule has 1 aromatic rings. The summed E-state index contributed by atoms with van der Waals surface area (Å²) in [4.78, 5) is 27.3. The van der Waals surface area contributed by atoms with Crippen molar-refractivity contribution in [2.45, 2.75) is 40.0 Å². The normalized spacial score (nSPS) is 22.2. The number of amides is 1. The van der Waals surface area contributed by atoms with Gasteiger partial charge < -0.3 is 10.0 Å². The zero-order chi connectivity index (χ0) is 14.9. The summed E-state index contributed by atoms with van der Waals surface area (Å²) in [5, 5.41) is 9.23. The first-order valence-corrected chi connectivity index (χ1v) is 7.81. The second-order valence-electron chi connectivity index (χ2n) is 5.78. The smallest absolute Gasteiger partial charge is 0.311 e. The van der Waals surface area contributed by atoms with E-state index in [9.17, 15) is 14.7 Å². The van der Waals surface area contributed by atoms with E-state index in [2.05, 4.69) is 6.92 Å². The minimum Gasteiger partial charge on any atom is -0.481 e. The quantitative estimate of drug-likeness (QED) is 0.929. The third-order valence-electron chi connectivity index (χ3n) is 4.03. The molecule has 0 radical (unpaired) electrons. The molecule has 1 N–H and O–H groups in total. The summed E-state index contributed by atoms with van der Waals surface area (Å²) >= 11 is 1.52. The number of rotatable bonds is 4. The molecular formula is C15H21NO3S. The molecule has 0 spiro atoms. The third-order valence-corrected chi connectivity index (χ3v) is 5.11. The predicted molar refractivity (Wildman–Crippen MR) is 79.3 cm³/mol. The van der Waals surface area contributed by atoms with Gasteiger partial charge in [-0.05, 0) is 38.3 Å². The first-order valence-electron chi connectivity index (χ1n) is 6.99. The first kappa shape index (κ1) is 15.0. The molecule has 5 heteroatoms. The van der Waals surface area contributed by atoms with Crippen LogP contribution in [0, 0.1) is 12.3 Å². The van der Waals surface area contributed by atoms with Crippen molar-refractivity contribution in [3.05, 3.63) is 21.4 Å². The Labute approximate surface area is 123 Å². The number of hydrogen-bond donors (Lipinski definition) is 1. The van der Waals surface area contributed by atoms with E-state index in [0.29, 0.717) is 19.5 Å². The van der Waals surface area contributed by atoms with Gasteiger partial charge in [-0.1, -0.05) is 13.3 Å². The summed E-state index contributed by atoms with van der Waals surface area (Å²) < 4.78 is 0. The standard InChI is InChI=1S/C15H21NO3S/c1-4-5-11-8-12(20-10(11)2)13(17)16-7-6-15(3,9-16)14(18)19/h8H,4-7,9H2,1-3H3,(H,18,19). The van der Waals surface area contributed by atoms with Crippen LogP contribution in [0.2, 0.25) is 0 Å². The van der Waals surface area contributed by atoms with Gasteiger partial charge in [0.15, 0.2) is 0 Å². The van der Waals surface area contributed by atoms with Gasteiger partial charge in [0.25, 0.3) is 5.91 Å². The van der Waals surface area contributed by atoms with Crippen molar-refractivity contribution in [1.29, 1.82) is 0 Å². The number of aryl methyl sites for hydroxylation is 2. The minimum absolute atomic E-state index is 0.0228. The molecule has 1 fully saturated rings. The van der Waals surface area contributed by atoms with Crippen molar-refractivity contribution in [2.75, 3.05) is 13.1 Å². The van der Waals surface area contributed by atoms with Crippen LogP contribution < -0.4 is 0 Å². The Balaban J connectivity index is 2.13. The summed E-state index contributed by atoms with van der Waals surface area (Å²) in [5.74, 6) is -0.840. The van der Waals surface area contributed by atoms with Gasteiger partial charge in [-0.15, -0.1) is 11.3 Å². The molecule has 20 heavy (non-hydrogen) atoms. The largest absolute Gasteiger partial charge is 0.481 e. The van der Waals surface area contributed by atoms with E-state index in [1.54, 1.807) is 11.8 Å². The average molecular weight is 295 g/mol. The molecule has 1 saturated heterocycles. The number of likely N-dealkylation sites (tertiary alicyclic amines) is 1. The number of thiophene rings is 1. The molecule has 2 rings (SSSR count). The highest BCUT2D eigenvalue weighted by Crippen LogP contribution is 2.32. The summed E-state index contributed by atoms with van der Waals surface area (Å²) in [6.07, 6.45) is 2.58. The maximum Gasteiger partial charge on any atom is 0.311 e. The van der Waals surface area contributed by atoms with E-state index in [1.165, 1.54) is 21.8 Å². The maximum absolute atomic E-state index is 12.5. The van der Waals surface area contributed by atoms with Gasteiger partial charge in [0, 0.05) is 18.0 Å². The van der Waals surface area contributed by atoms with Crippen LogP contribution in [0.4, 0.5) is 0 Å². The van der Waals surface area contributed by atoms with Gasteiger partial charge in [-0.2, -0.15) is 0 Å².